The zero-order chi connectivity index (χ0) is 11.5. The number of nitrogens with one attached hydrogen (secondary N) is 1. The molecule has 0 fully saturated rings. The lowest BCUT2D eigenvalue weighted by atomic mass is 9.95. The molecule has 2 aromatic rings. The molecule has 16 heavy (non-hydrogen) atoms. The van der Waals surface area contributed by atoms with Crippen molar-refractivity contribution in [2.24, 2.45) is 5.84 Å². The summed E-state index contributed by atoms with van der Waals surface area (Å²) in [7, 11) is 0. The Bertz CT molecular complexity index is 443. The first-order chi connectivity index (χ1) is 7.74. The summed E-state index contributed by atoms with van der Waals surface area (Å²) in [6.45, 7) is 4.25. The molecule has 0 saturated carbocycles. The Morgan fingerprint density at radius 1 is 1.12 bits per heavy atom. The van der Waals surface area contributed by atoms with E-state index in [2.05, 4.69) is 55.0 Å². The molecule has 0 aliphatic carbocycles. The van der Waals surface area contributed by atoms with Gasteiger partial charge in [-0.1, -0.05) is 24.3 Å². The summed E-state index contributed by atoms with van der Waals surface area (Å²) >= 11 is 1.73. The Kier molecular flexibility index (Phi) is 3.39. The van der Waals surface area contributed by atoms with Crippen LogP contribution in [0.25, 0.3) is 0 Å². The predicted octanol–water partition coefficient (Wildman–Crippen LogP) is 2.92. The van der Waals surface area contributed by atoms with Crippen molar-refractivity contribution in [3.63, 3.8) is 0 Å². The molecular weight excluding hydrogens is 216 g/mol. The van der Waals surface area contributed by atoms with Crippen LogP contribution in [0.1, 0.15) is 27.6 Å². The summed E-state index contributed by atoms with van der Waals surface area (Å²) < 4.78 is 0. The van der Waals surface area contributed by atoms with Gasteiger partial charge in [0.15, 0.2) is 0 Å². The summed E-state index contributed by atoms with van der Waals surface area (Å²) in [5, 5.41) is 2.08. The summed E-state index contributed by atoms with van der Waals surface area (Å²) in [6, 6.07) is 10.6. The summed E-state index contributed by atoms with van der Waals surface area (Å²) in [5.41, 5.74) is 6.75. The Labute approximate surface area is 100 Å². The largest absolute Gasteiger partial charge is 0.271 e. The maximum absolute atomic E-state index is 5.69. The maximum Gasteiger partial charge on any atom is 0.0807 e. The van der Waals surface area contributed by atoms with Crippen molar-refractivity contribution < 1.29 is 0 Å². The van der Waals surface area contributed by atoms with E-state index >= 15 is 0 Å². The fraction of sp³-hybridized carbons (Fsp3) is 0.231. The molecule has 1 unspecified atom stereocenters. The molecule has 1 atom stereocenters. The number of aryl methyl sites for hydroxylation is 2. The molecule has 1 heterocycles. The van der Waals surface area contributed by atoms with Crippen LogP contribution in [0.4, 0.5) is 0 Å². The quantitative estimate of drug-likeness (QED) is 0.631. The smallest absolute Gasteiger partial charge is 0.0807 e. The lowest BCUT2D eigenvalue weighted by molar-refractivity contribution is 0.640. The second kappa shape index (κ2) is 4.78. The molecule has 0 amide bonds. The molecule has 0 saturated heterocycles. The van der Waals surface area contributed by atoms with Gasteiger partial charge in [-0.2, -0.15) is 0 Å². The summed E-state index contributed by atoms with van der Waals surface area (Å²) in [6.07, 6.45) is 0. The second-order valence-electron chi connectivity index (χ2n) is 3.92. The van der Waals surface area contributed by atoms with Gasteiger partial charge in [0.1, 0.15) is 0 Å². The zero-order valence-electron chi connectivity index (χ0n) is 9.53. The molecule has 84 valence electrons. The number of rotatable bonds is 3. The molecule has 2 rings (SSSR count). The topological polar surface area (TPSA) is 38.0 Å². The number of hydrogen-bond donors (Lipinski definition) is 2. The molecule has 3 heteroatoms. The molecule has 0 bridgehead atoms. The molecule has 0 spiro atoms. The molecule has 0 aliphatic rings. The predicted molar refractivity (Wildman–Crippen MR) is 69.4 cm³/mol. The van der Waals surface area contributed by atoms with Crippen LogP contribution in [0.15, 0.2) is 35.7 Å². The zero-order valence-corrected chi connectivity index (χ0v) is 10.3. The number of hydrogen-bond acceptors (Lipinski definition) is 3. The van der Waals surface area contributed by atoms with Crippen molar-refractivity contribution in [3.8, 4) is 0 Å². The highest BCUT2D eigenvalue weighted by Crippen LogP contribution is 2.29. The highest BCUT2D eigenvalue weighted by molar-refractivity contribution is 7.10. The van der Waals surface area contributed by atoms with Crippen LogP contribution in [0, 0.1) is 13.8 Å². The molecular formula is C13H16N2S. The normalized spacial score (nSPS) is 12.7. The highest BCUT2D eigenvalue weighted by Gasteiger charge is 2.17. The third-order valence-electron chi connectivity index (χ3n) is 2.83. The van der Waals surface area contributed by atoms with Crippen molar-refractivity contribution in [1.29, 1.82) is 0 Å². The Hall–Kier alpha value is -1.16. The van der Waals surface area contributed by atoms with Gasteiger partial charge in [-0.3, -0.25) is 5.84 Å². The molecule has 3 N–H and O–H groups in total. The van der Waals surface area contributed by atoms with Crippen LogP contribution in [-0.2, 0) is 0 Å². The van der Waals surface area contributed by atoms with E-state index in [1.54, 1.807) is 11.3 Å². The number of thiophene rings is 1. The van der Waals surface area contributed by atoms with Gasteiger partial charge in [0.05, 0.1) is 6.04 Å². The Morgan fingerprint density at radius 3 is 2.31 bits per heavy atom. The van der Waals surface area contributed by atoms with Crippen LogP contribution in [-0.4, -0.2) is 0 Å². The van der Waals surface area contributed by atoms with Crippen LogP contribution in [0.5, 0.6) is 0 Å². The average Bonchev–Trinajstić information content (AvgIpc) is 2.77. The Morgan fingerprint density at radius 2 is 1.81 bits per heavy atom. The van der Waals surface area contributed by atoms with Crippen molar-refractivity contribution in [2.45, 2.75) is 19.9 Å². The van der Waals surface area contributed by atoms with Gasteiger partial charge < -0.3 is 0 Å². The van der Waals surface area contributed by atoms with Gasteiger partial charge in [0.2, 0.25) is 0 Å². The van der Waals surface area contributed by atoms with E-state index in [1.165, 1.54) is 21.6 Å². The van der Waals surface area contributed by atoms with Crippen molar-refractivity contribution >= 4 is 11.3 Å². The summed E-state index contributed by atoms with van der Waals surface area (Å²) in [5.74, 6) is 5.69. The third kappa shape index (κ3) is 2.02. The van der Waals surface area contributed by atoms with E-state index in [0.29, 0.717) is 0 Å². The van der Waals surface area contributed by atoms with Crippen LogP contribution >= 0.6 is 11.3 Å². The number of hydrazine groups is 1. The first kappa shape index (κ1) is 11.3. The van der Waals surface area contributed by atoms with E-state index < -0.39 is 0 Å². The van der Waals surface area contributed by atoms with Crippen LogP contribution in [0.3, 0.4) is 0 Å². The van der Waals surface area contributed by atoms with Gasteiger partial charge in [0.25, 0.3) is 0 Å². The van der Waals surface area contributed by atoms with Gasteiger partial charge in [-0.05, 0) is 42.0 Å². The van der Waals surface area contributed by atoms with E-state index in [4.69, 9.17) is 5.84 Å². The first-order valence-corrected chi connectivity index (χ1v) is 6.17. The molecule has 1 aromatic carbocycles. The van der Waals surface area contributed by atoms with Crippen molar-refractivity contribution in [2.75, 3.05) is 0 Å². The van der Waals surface area contributed by atoms with Gasteiger partial charge in [-0.25, -0.2) is 5.43 Å². The first-order valence-electron chi connectivity index (χ1n) is 5.29. The molecule has 0 radical (unpaired) electrons. The Balaban J connectivity index is 2.49. The minimum absolute atomic E-state index is 0.0983. The van der Waals surface area contributed by atoms with Crippen LogP contribution in [0.2, 0.25) is 0 Å². The van der Waals surface area contributed by atoms with Crippen molar-refractivity contribution in [1.82, 2.24) is 5.43 Å². The monoisotopic (exact) mass is 232 g/mol. The standard InChI is InChI=1S/C13H16N2S/c1-9-5-3-6-10(2)12(9)13(15-14)11-7-4-8-16-11/h3-8,13,15H,14H2,1-2H3. The molecule has 0 aliphatic heterocycles. The maximum atomic E-state index is 5.69. The minimum atomic E-state index is 0.0983. The fourth-order valence-electron chi connectivity index (χ4n) is 2.05. The second-order valence-corrected chi connectivity index (χ2v) is 4.90. The highest BCUT2D eigenvalue weighted by atomic mass is 32.1. The SMILES string of the molecule is Cc1cccc(C)c1C(NN)c1cccs1. The lowest BCUT2D eigenvalue weighted by Crippen LogP contribution is -2.29. The summed E-state index contributed by atoms with van der Waals surface area (Å²) in [4.78, 5) is 1.25. The van der Waals surface area contributed by atoms with E-state index in [9.17, 15) is 0 Å². The van der Waals surface area contributed by atoms with E-state index in [1.807, 2.05) is 0 Å². The third-order valence-corrected chi connectivity index (χ3v) is 3.76. The fourth-order valence-corrected chi connectivity index (χ4v) is 2.84. The van der Waals surface area contributed by atoms with Gasteiger partial charge in [-0.15, -0.1) is 11.3 Å². The van der Waals surface area contributed by atoms with E-state index in [-0.39, 0.29) is 6.04 Å². The van der Waals surface area contributed by atoms with Gasteiger partial charge >= 0.3 is 0 Å². The van der Waals surface area contributed by atoms with Gasteiger partial charge in [0, 0.05) is 4.88 Å². The number of nitrogens with two attached hydrogens (primary N) is 1. The number of benzene rings is 1. The van der Waals surface area contributed by atoms with E-state index in [0.717, 1.165) is 0 Å². The molecule has 1 aromatic heterocycles. The molecule has 2 nitrogen and oxygen atoms in total. The minimum Gasteiger partial charge on any atom is -0.271 e. The lowest BCUT2D eigenvalue weighted by Gasteiger charge is -2.19. The average molecular weight is 232 g/mol. The van der Waals surface area contributed by atoms with Crippen LogP contribution < -0.4 is 11.3 Å². The van der Waals surface area contributed by atoms with Crippen molar-refractivity contribution in [3.05, 3.63) is 57.3 Å².